The molecular formula is C11H12F4N2O2. The van der Waals surface area contributed by atoms with E-state index in [0.29, 0.717) is 0 Å². The summed E-state index contributed by atoms with van der Waals surface area (Å²) in [7, 11) is 0. The van der Waals surface area contributed by atoms with Crippen molar-refractivity contribution >= 4 is 11.6 Å². The molecule has 0 fully saturated rings. The van der Waals surface area contributed by atoms with E-state index >= 15 is 0 Å². The molecule has 106 valence electrons. The fourth-order valence-corrected chi connectivity index (χ4v) is 1.11. The number of hydrogen-bond acceptors (Lipinski definition) is 3. The van der Waals surface area contributed by atoms with E-state index in [-0.39, 0.29) is 17.7 Å². The lowest BCUT2D eigenvalue weighted by Crippen LogP contribution is -2.41. The van der Waals surface area contributed by atoms with Crippen molar-refractivity contribution in [1.82, 2.24) is 4.98 Å². The lowest BCUT2D eigenvalue weighted by Gasteiger charge is -2.17. The highest BCUT2D eigenvalue weighted by atomic mass is 19.3. The summed E-state index contributed by atoms with van der Waals surface area (Å²) in [6.45, 7) is 3.32. The van der Waals surface area contributed by atoms with Gasteiger partial charge in [0.05, 0.1) is 6.10 Å². The Morgan fingerprint density at radius 1 is 1.42 bits per heavy atom. The number of amides is 1. The Balaban J connectivity index is 2.91. The molecule has 0 saturated heterocycles. The van der Waals surface area contributed by atoms with E-state index in [1.165, 1.54) is 18.3 Å². The number of carbonyl (C=O) groups excluding carboxylic acids is 1. The van der Waals surface area contributed by atoms with Crippen molar-refractivity contribution < 1.29 is 27.1 Å². The van der Waals surface area contributed by atoms with E-state index in [0.717, 1.165) is 0 Å². The number of ether oxygens (including phenoxy) is 1. The molecule has 0 radical (unpaired) electrons. The standard InChI is InChI=1S/C11H12F4N2O2/c1-6(2)19-8-7(4-3-5-16-8)17-10(18)11(14,15)9(12)13/h3-6,9H,1-2H3,(H,17,18). The molecule has 0 bridgehead atoms. The summed E-state index contributed by atoms with van der Waals surface area (Å²) in [5, 5.41) is 1.68. The second-order valence-electron chi connectivity index (χ2n) is 3.90. The van der Waals surface area contributed by atoms with Crippen molar-refractivity contribution in [3.63, 3.8) is 0 Å². The monoisotopic (exact) mass is 280 g/mol. The molecule has 1 aromatic heterocycles. The topological polar surface area (TPSA) is 51.2 Å². The van der Waals surface area contributed by atoms with Crippen LogP contribution in [-0.2, 0) is 4.79 Å². The lowest BCUT2D eigenvalue weighted by molar-refractivity contribution is -0.163. The zero-order valence-electron chi connectivity index (χ0n) is 10.2. The van der Waals surface area contributed by atoms with E-state index in [4.69, 9.17) is 4.74 Å². The first-order valence-corrected chi connectivity index (χ1v) is 5.34. The minimum Gasteiger partial charge on any atom is -0.473 e. The number of rotatable bonds is 5. The van der Waals surface area contributed by atoms with Crippen LogP contribution in [0, 0.1) is 0 Å². The maximum atomic E-state index is 12.8. The zero-order valence-corrected chi connectivity index (χ0v) is 10.2. The number of alkyl halides is 4. The Kier molecular flexibility index (Phi) is 4.68. The highest BCUT2D eigenvalue weighted by Gasteiger charge is 2.49. The molecule has 0 unspecified atom stereocenters. The molecule has 8 heteroatoms. The highest BCUT2D eigenvalue weighted by molar-refractivity contribution is 5.97. The van der Waals surface area contributed by atoms with Crippen LogP contribution in [0.25, 0.3) is 0 Å². The van der Waals surface area contributed by atoms with Crippen molar-refractivity contribution in [2.75, 3.05) is 5.32 Å². The van der Waals surface area contributed by atoms with Gasteiger partial charge in [0.1, 0.15) is 5.69 Å². The molecule has 0 atom stereocenters. The second-order valence-corrected chi connectivity index (χ2v) is 3.90. The summed E-state index contributed by atoms with van der Waals surface area (Å²) in [5.74, 6) is -7.00. The van der Waals surface area contributed by atoms with Gasteiger partial charge in [-0.15, -0.1) is 0 Å². The normalized spacial score (nSPS) is 11.8. The smallest absolute Gasteiger partial charge is 0.383 e. The summed E-state index contributed by atoms with van der Waals surface area (Å²) in [6, 6.07) is 2.58. The third kappa shape index (κ3) is 3.80. The van der Waals surface area contributed by atoms with Gasteiger partial charge in [0, 0.05) is 6.20 Å². The number of nitrogens with one attached hydrogen (secondary N) is 1. The Bertz CT molecular complexity index is 452. The predicted molar refractivity (Wildman–Crippen MR) is 59.6 cm³/mol. The van der Waals surface area contributed by atoms with Crippen LogP contribution in [0.3, 0.4) is 0 Å². The predicted octanol–water partition coefficient (Wildman–Crippen LogP) is 2.71. The molecule has 0 saturated carbocycles. The number of anilines is 1. The average Bonchev–Trinajstić information content (AvgIpc) is 2.30. The molecule has 1 heterocycles. The van der Waals surface area contributed by atoms with Crippen LogP contribution < -0.4 is 10.1 Å². The van der Waals surface area contributed by atoms with Gasteiger partial charge >= 0.3 is 18.3 Å². The van der Waals surface area contributed by atoms with Gasteiger partial charge in [-0.25, -0.2) is 13.8 Å². The average molecular weight is 280 g/mol. The number of halogens is 4. The van der Waals surface area contributed by atoms with Crippen LogP contribution in [0.5, 0.6) is 5.88 Å². The van der Waals surface area contributed by atoms with E-state index in [1.807, 2.05) is 0 Å². The molecular weight excluding hydrogens is 268 g/mol. The number of nitrogens with zero attached hydrogens (tertiary/aromatic N) is 1. The second kappa shape index (κ2) is 5.85. The molecule has 1 rings (SSSR count). The molecule has 0 aliphatic heterocycles. The van der Waals surface area contributed by atoms with Gasteiger partial charge in [0.2, 0.25) is 5.88 Å². The first kappa shape index (κ1) is 15.2. The van der Waals surface area contributed by atoms with Crippen LogP contribution in [0.4, 0.5) is 23.2 Å². The molecule has 0 spiro atoms. The van der Waals surface area contributed by atoms with E-state index in [1.54, 1.807) is 19.2 Å². The molecule has 1 N–H and O–H groups in total. The van der Waals surface area contributed by atoms with Gasteiger partial charge in [-0.1, -0.05) is 0 Å². The van der Waals surface area contributed by atoms with E-state index in [9.17, 15) is 22.4 Å². The Hall–Kier alpha value is -1.86. The van der Waals surface area contributed by atoms with E-state index in [2.05, 4.69) is 4.98 Å². The van der Waals surface area contributed by atoms with Gasteiger partial charge in [0.15, 0.2) is 0 Å². The summed E-state index contributed by atoms with van der Waals surface area (Å²) in [5.41, 5.74) is -0.193. The maximum absolute atomic E-state index is 12.8. The SMILES string of the molecule is CC(C)Oc1ncccc1NC(=O)C(F)(F)C(F)F. The number of aromatic nitrogens is 1. The largest absolute Gasteiger partial charge is 0.473 e. The van der Waals surface area contributed by atoms with Gasteiger partial charge in [-0.05, 0) is 26.0 Å². The molecule has 0 aliphatic carbocycles. The minimum atomic E-state index is -4.77. The van der Waals surface area contributed by atoms with Crippen molar-refractivity contribution in [3.8, 4) is 5.88 Å². The zero-order chi connectivity index (χ0) is 14.6. The van der Waals surface area contributed by atoms with E-state index < -0.39 is 18.3 Å². The van der Waals surface area contributed by atoms with Crippen molar-refractivity contribution in [2.24, 2.45) is 0 Å². The highest BCUT2D eigenvalue weighted by Crippen LogP contribution is 2.27. The fraction of sp³-hybridized carbons (Fsp3) is 0.455. The summed E-state index contributed by atoms with van der Waals surface area (Å²) in [4.78, 5) is 14.8. The number of pyridine rings is 1. The molecule has 0 aliphatic rings. The van der Waals surface area contributed by atoms with Crippen molar-refractivity contribution in [3.05, 3.63) is 18.3 Å². The van der Waals surface area contributed by atoms with Gasteiger partial charge in [-0.3, -0.25) is 4.79 Å². The van der Waals surface area contributed by atoms with Crippen molar-refractivity contribution in [2.45, 2.75) is 32.3 Å². The molecule has 19 heavy (non-hydrogen) atoms. The molecule has 1 amide bonds. The summed E-state index contributed by atoms with van der Waals surface area (Å²) in [6.07, 6.45) is -3.08. The third-order valence-electron chi connectivity index (χ3n) is 1.94. The molecule has 4 nitrogen and oxygen atoms in total. The van der Waals surface area contributed by atoms with Gasteiger partial charge < -0.3 is 10.1 Å². The summed E-state index contributed by atoms with van der Waals surface area (Å²) >= 11 is 0. The number of hydrogen-bond donors (Lipinski definition) is 1. The van der Waals surface area contributed by atoms with Crippen LogP contribution in [-0.4, -0.2) is 29.3 Å². The van der Waals surface area contributed by atoms with Gasteiger partial charge in [0.25, 0.3) is 0 Å². The maximum Gasteiger partial charge on any atom is 0.383 e. The van der Waals surface area contributed by atoms with Crippen LogP contribution in [0.2, 0.25) is 0 Å². The van der Waals surface area contributed by atoms with Crippen LogP contribution in [0.1, 0.15) is 13.8 Å². The van der Waals surface area contributed by atoms with Crippen LogP contribution >= 0.6 is 0 Å². The van der Waals surface area contributed by atoms with Crippen molar-refractivity contribution in [1.29, 1.82) is 0 Å². The third-order valence-corrected chi connectivity index (χ3v) is 1.94. The Morgan fingerprint density at radius 3 is 2.58 bits per heavy atom. The first-order valence-electron chi connectivity index (χ1n) is 5.34. The van der Waals surface area contributed by atoms with Crippen LogP contribution in [0.15, 0.2) is 18.3 Å². The first-order chi connectivity index (χ1) is 8.75. The Labute approximate surface area is 106 Å². The number of carbonyl (C=O) groups is 1. The fourth-order valence-electron chi connectivity index (χ4n) is 1.11. The summed E-state index contributed by atoms with van der Waals surface area (Å²) < 4.78 is 54.8. The molecule has 0 aromatic carbocycles. The minimum absolute atomic E-state index is 0.115. The Morgan fingerprint density at radius 2 is 2.05 bits per heavy atom. The van der Waals surface area contributed by atoms with Gasteiger partial charge in [-0.2, -0.15) is 8.78 Å². The quantitative estimate of drug-likeness (QED) is 0.844. The molecule has 1 aromatic rings. The lowest BCUT2D eigenvalue weighted by atomic mass is 10.3.